The van der Waals surface area contributed by atoms with Crippen LogP contribution in [-0.2, 0) is 19.4 Å². The number of amides is 1. The summed E-state index contributed by atoms with van der Waals surface area (Å²) in [4.78, 5) is 13.4. The molecular formula is C32H31ClN2O2. The van der Waals surface area contributed by atoms with Crippen LogP contribution in [0.2, 0.25) is 5.02 Å². The molecule has 2 unspecified atom stereocenters. The van der Waals surface area contributed by atoms with Crippen molar-refractivity contribution in [3.8, 4) is 11.5 Å². The van der Waals surface area contributed by atoms with Crippen molar-refractivity contribution in [2.24, 2.45) is 11.8 Å². The van der Waals surface area contributed by atoms with Gasteiger partial charge in [-0.15, -0.1) is 0 Å². The minimum atomic E-state index is -0.159. The van der Waals surface area contributed by atoms with Crippen LogP contribution in [0.15, 0.2) is 103 Å². The van der Waals surface area contributed by atoms with Gasteiger partial charge in [0.1, 0.15) is 11.5 Å². The molecule has 0 aliphatic carbocycles. The van der Waals surface area contributed by atoms with E-state index in [0.717, 1.165) is 37.1 Å². The number of carbonyl (C=O) groups excluding carboxylic acids is 1. The third kappa shape index (κ3) is 6.59. The molecule has 4 nitrogen and oxygen atoms in total. The van der Waals surface area contributed by atoms with Gasteiger partial charge in [-0.3, -0.25) is 4.79 Å². The SMILES string of the molecule is O=C(NCc1ccc(Cl)cc1)c1cccc(CC2CNCC2Cc2ccccc2)c1Oc1ccccc1. The van der Waals surface area contributed by atoms with Gasteiger partial charge >= 0.3 is 0 Å². The summed E-state index contributed by atoms with van der Waals surface area (Å²) in [7, 11) is 0. The fourth-order valence-corrected chi connectivity index (χ4v) is 5.12. The highest BCUT2D eigenvalue weighted by Crippen LogP contribution is 2.34. The van der Waals surface area contributed by atoms with E-state index in [9.17, 15) is 4.79 Å². The molecule has 0 radical (unpaired) electrons. The first-order chi connectivity index (χ1) is 18.2. The van der Waals surface area contributed by atoms with Gasteiger partial charge in [-0.2, -0.15) is 0 Å². The van der Waals surface area contributed by atoms with Crippen molar-refractivity contribution < 1.29 is 9.53 Å². The molecule has 0 saturated carbocycles. The van der Waals surface area contributed by atoms with Crippen LogP contribution in [0.1, 0.15) is 27.0 Å². The van der Waals surface area contributed by atoms with Gasteiger partial charge in [-0.05, 0) is 84.8 Å². The lowest BCUT2D eigenvalue weighted by atomic mass is 9.85. The number of hydrogen-bond donors (Lipinski definition) is 2. The quantitative estimate of drug-likeness (QED) is 0.264. The third-order valence-electron chi connectivity index (χ3n) is 6.97. The van der Waals surface area contributed by atoms with Crippen LogP contribution in [0.4, 0.5) is 0 Å². The van der Waals surface area contributed by atoms with Gasteiger partial charge in [-0.1, -0.05) is 84.4 Å². The third-order valence-corrected chi connectivity index (χ3v) is 7.23. The molecule has 1 heterocycles. The maximum atomic E-state index is 13.4. The average molecular weight is 511 g/mol. The van der Waals surface area contributed by atoms with E-state index >= 15 is 0 Å². The Labute approximate surface area is 223 Å². The van der Waals surface area contributed by atoms with E-state index in [0.29, 0.717) is 40.5 Å². The van der Waals surface area contributed by atoms with Crippen molar-refractivity contribution in [2.45, 2.75) is 19.4 Å². The molecule has 1 saturated heterocycles. The molecule has 5 rings (SSSR count). The van der Waals surface area contributed by atoms with Gasteiger partial charge in [0.05, 0.1) is 5.56 Å². The van der Waals surface area contributed by atoms with Gasteiger partial charge in [0.2, 0.25) is 0 Å². The highest BCUT2D eigenvalue weighted by molar-refractivity contribution is 6.30. The molecule has 1 amide bonds. The maximum absolute atomic E-state index is 13.4. The predicted octanol–water partition coefficient (Wildman–Crippen LogP) is 6.68. The zero-order valence-corrected chi connectivity index (χ0v) is 21.5. The van der Waals surface area contributed by atoms with Gasteiger partial charge in [0.15, 0.2) is 0 Å². The Morgan fingerprint density at radius 3 is 2.19 bits per heavy atom. The highest BCUT2D eigenvalue weighted by atomic mass is 35.5. The molecule has 1 aliphatic heterocycles. The first-order valence-electron chi connectivity index (χ1n) is 12.8. The normalized spacial score (nSPS) is 16.9. The first-order valence-corrected chi connectivity index (χ1v) is 13.2. The van der Waals surface area contributed by atoms with E-state index in [1.807, 2.05) is 66.7 Å². The van der Waals surface area contributed by atoms with Crippen molar-refractivity contribution in [3.63, 3.8) is 0 Å². The van der Waals surface area contributed by atoms with Gasteiger partial charge in [0, 0.05) is 11.6 Å². The van der Waals surface area contributed by atoms with Gasteiger partial charge in [-0.25, -0.2) is 0 Å². The van der Waals surface area contributed by atoms with E-state index in [-0.39, 0.29) is 5.91 Å². The first kappa shape index (κ1) is 25.1. The number of hydrogen-bond acceptors (Lipinski definition) is 3. The lowest BCUT2D eigenvalue weighted by Crippen LogP contribution is -2.24. The molecule has 37 heavy (non-hydrogen) atoms. The smallest absolute Gasteiger partial charge is 0.255 e. The molecule has 1 aliphatic rings. The number of benzene rings is 4. The summed E-state index contributed by atoms with van der Waals surface area (Å²) in [6.07, 6.45) is 1.87. The molecule has 2 atom stereocenters. The van der Waals surface area contributed by atoms with Crippen LogP contribution >= 0.6 is 11.6 Å². The minimum absolute atomic E-state index is 0.159. The van der Waals surface area contributed by atoms with E-state index < -0.39 is 0 Å². The second kappa shape index (κ2) is 12.1. The minimum Gasteiger partial charge on any atom is -0.456 e. The number of carbonyl (C=O) groups is 1. The van der Waals surface area contributed by atoms with E-state index in [1.165, 1.54) is 5.56 Å². The maximum Gasteiger partial charge on any atom is 0.255 e. The average Bonchev–Trinajstić information content (AvgIpc) is 3.36. The van der Waals surface area contributed by atoms with Crippen molar-refractivity contribution in [3.05, 3.63) is 130 Å². The lowest BCUT2D eigenvalue weighted by Gasteiger charge is -2.22. The van der Waals surface area contributed by atoms with E-state index in [1.54, 1.807) is 0 Å². The summed E-state index contributed by atoms with van der Waals surface area (Å²) in [6.45, 7) is 2.36. The zero-order valence-electron chi connectivity index (χ0n) is 20.7. The molecule has 0 bridgehead atoms. The highest BCUT2D eigenvalue weighted by Gasteiger charge is 2.29. The molecule has 188 valence electrons. The van der Waals surface area contributed by atoms with E-state index in [4.69, 9.17) is 16.3 Å². The van der Waals surface area contributed by atoms with Crippen LogP contribution in [0.3, 0.4) is 0 Å². The predicted molar refractivity (Wildman–Crippen MR) is 149 cm³/mol. The molecule has 1 fully saturated rings. The van der Waals surface area contributed by atoms with Crippen LogP contribution < -0.4 is 15.4 Å². The van der Waals surface area contributed by atoms with Crippen molar-refractivity contribution in [2.75, 3.05) is 13.1 Å². The number of rotatable bonds is 9. The molecule has 5 heteroatoms. The number of halogens is 1. The Kier molecular flexibility index (Phi) is 8.19. The summed E-state index contributed by atoms with van der Waals surface area (Å²) in [6, 6.07) is 33.7. The Bertz CT molecular complexity index is 1310. The van der Waals surface area contributed by atoms with Crippen LogP contribution in [0.5, 0.6) is 11.5 Å². The second-order valence-corrected chi connectivity index (χ2v) is 10.0. The second-order valence-electron chi connectivity index (χ2n) is 9.59. The summed E-state index contributed by atoms with van der Waals surface area (Å²) in [5.41, 5.74) is 3.94. The van der Waals surface area contributed by atoms with Crippen molar-refractivity contribution in [1.29, 1.82) is 0 Å². The Hall–Kier alpha value is -3.60. The summed E-state index contributed by atoms with van der Waals surface area (Å²) in [5.74, 6) is 2.16. The molecule has 4 aromatic rings. The topological polar surface area (TPSA) is 50.4 Å². The van der Waals surface area contributed by atoms with Crippen molar-refractivity contribution in [1.82, 2.24) is 10.6 Å². The zero-order chi connectivity index (χ0) is 25.5. The van der Waals surface area contributed by atoms with Crippen LogP contribution in [-0.4, -0.2) is 19.0 Å². The van der Waals surface area contributed by atoms with E-state index in [2.05, 4.69) is 47.0 Å². The summed E-state index contributed by atoms with van der Waals surface area (Å²) >= 11 is 6.00. The van der Waals surface area contributed by atoms with Gasteiger partial charge in [0.25, 0.3) is 5.91 Å². The van der Waals surface area contributed by atoms with Crippen molar-refractivity contribution >= 4 is 17.5 Å². The summed E-state index contributed by atoms with van der Waals surface area (Å²) in [5, 5.41) is 7.31. The Morgan fingerprint density at radius 1 is 0.784 bits per heavy atom. The standard InChI is InChI=1S/C32H31ClN2O2/c33-28-16-14-24(15-17-28)20-35-32(36)30-13-7-10-25(31(30)37-29-11-5-2-6-12-29)19-27-22-34-21-26(27)18-23-8-3-1-4-9-23/h1-17,26-27,34H,18-22H2,(H,35,36). The van der Waals surface area contributed by atoms with Crippen LogP contribution in [0, 0.1) is 11.8 Å². The fourth-order valence-electron chi connectivity index (χ4n) is 5.00. The number of nitrogens with one attached hydrogen (secondary N) is 2. The molecule has 2 N–H and O–H groups in total. The van der Waals surface area contributed by atoms with Gasteiger partial charge < -0.3 is 15.4 Å². The molecule has 0 spiro atoms. The fraction of sp³-hybridized carbons (Fsp3) is 0.219. The lowest BCUT2D eigenvalue weighted by molar-refractivity contribution is 0.0948. The molecule has 0 aromatic heterocycles. The summed E-state index contributed by atoms with van der Waals surface area (Å²) < 4.78 is 6.39. The largest absolute Gasteiger partial charge is 0.456 e. The number of ether oxygens (including phenoxy) is 1. The molecular weight excluding hydrogens is 480 g/mol. The molecule has 4 aromatic carbocycles. The monoisotopic (exact) mass is 510 g/mol. The Morgan fingerprint density at radius 2 is 1.46 bits per heavy atom. The number of para-hydroxylation sites is 2. The Balaban J connectivity index is 1.38. The van der Waals surface area contributed by atoms with Crippen LogP contribution in [0.25, 0.3) is 0 Å².